The number of hydrogen-bond acceptors (Lipinski definition) is 6. The SMILES string of the molecule is COc1ccc2nc(-c3cccnc3N)n(-c3ccc(CO)cc3)c2n1. The average molecular weight is 347 g/mol. The van der Waals surface area contributed by atoms with Crippen LogP contribution in [0.2, 0.25) is 0 Å². The van der Waals surface area contributed by atoms with E-state index in [2.05, 4.69) is 9.97 Å². The van der Waals surface area contributed by atoms with Crippen molar-refractivity contribution in [1.82, 2.24) is 19.5 Å². The summed E-state index contributed by atoms with van der Waals surface area (Å²) in [6.45, 7) is -0.0144. The van der Waals surface area contributed by atoms with Crippen molar-refractivity contribution in [2.75, 3.05) is 12.8 Å². The van der Waals surface area contributed by atoms with Gasteiger partial charge in [0.25, 0.3) is 0 Å². The maximum absolute atomic E-state index is 9.30. The van der Waals surface area contributed by atoms with Gasteiger partial charge < -0.3 is 15.6 Å². The van der Waals surface area contributed by atoms with Crippen LogP contribution in [0.25, 0.3) is 28.2 Å². The molecular weight excluding hydrogens is 330 g/mol. The second-order valence-corrected chi connectivity index (χ2v) is 5.73. The summed E-state index contributed by atoms with van der Waals surface area (Å²) < 4.78 is 7.18. The van der Waals surface area contributed by atoms with E-state index in [9.17, 15) is 5.11 Å². The van der Waals surface area contributed by atoms with E-state index in [0.29, 0.717) is 23.2 Å². The van der Waals surface area contributed by atoms with E-state index in [4.69, 9.17) is 15.5 Å². The number of nitrogens with zero attached hydrogens (tertiary/aromatic N) is 4. The lowest BCUT2D eigenvalue weighted by Crippen LogP contribution is -2.02. The molecule has 3 heterocycles. The quantitative estimate of drug-likeness (QED) is 0.589. The maximum Gasteiger partial charge on any atom is 0.215 e. The monoisotopic (exact) mass is 347 g/mol. The maximum atomic E-state index is 9.30. The zero-order valence-corrected chi connectivity index (χ0v) is 14.1. The molecule has 26 heavy (non-hydrogen) atoms. The van der Waals surface area contributed by atoms with Crippen LogP contribution in [0.1, 0.15) is 5.56 Å². The fourth-order valence-corrected chi connectivity index (χ4v) is 2.84. The minimum Gasteiger partial charge on any atom is -0.481 e. The molecular formula is C19H17N5O2. The summed E-state index contributed by atoms with van der Waals surface area (Å²) in [6.07, 6.45) is 1.64. The first-order chi connectivity index (χ1) is 12.7. The van der Waals surface area contributed by atoms with E-state index in [1.807, 2.05) is 47.0 Å². The molecule has 0 bridgehead atoms. The lowest BCUT2D eigenvalue weighted by molar-refractivity contribution is 0.282. The van der Waals surface area contributed by atoms with Crippen LogP contribution in [0, 0.1) is 0 Å². The highest BCUT2D eigenvalue weighted by molar-refractivity contribution is 5.83. The predicted molar refractivity (Wildman–Crippen MR) is 99.0 cm³/mol. The standard InChI is InChI=1S/C19H17N5O2/c1-26-16-9-8-15-19(23-16)24(13-6-4-12(11-25)5-7-13)18(22-15)14-3-2-10-21-17(14)20/h2-10,25H,11H2,1H3,(H2,20,21). The van der Waals surface area contributed by atoms with Crippen molar-refractivity contribution in [1.29, 1.82) is 0 Å². The molecule has 130 valence electrons. The van der Waals surface area contributed by atoms with Crippen molar-refractivity contribution in [3.63, 3.8) is 0 Å². The van der Waals surface area contributed by atoms with Crippen molar-refractivity contribution in [2.24, 2.45) is 0 Å². The van der Waals surface area contributed by atoms with Gasteiger partial charge >= 0.3 is 0 Å². The van der Waals surface area contributed by atoms with Crippen molar-refractivity contribution in [3.05, 3.63) is 60.3 Å². The molecule has 4 aromatic rings. The number of fused-ring (bicyclic) bond motifs is 1. The Morgan fingerprint density at radius 1 is 1.08 bits per heavy atom. The highest BCUT2D eigenvalue weighted by Crippen LogP contribution is 2.31. The van der Waals surface area contributed by atoms with Crippen molar-refractivity contribution >= 4 is 17.0 Å². The van der Waals surface area contributed by atoms with Crippen LogP contribution in [-0.2, 0) is 6.61 Å². The number of nitrogen functional groups attached to an aromatic ring is 1. The number of aliphatic hydroxyl groups excluding tert-OH is 1. The molecule has 0 amide bonds. The number of hydrogen-bond donors (Lipinski definition) is 2. The first-order valence-corrected chi connectivity index (χ1v) is 8.06. The van der Waals surface area contributed by atoms with Crippen LogP contribution in [-0.4, -0.2) is 31.7 Å². The number of benzene rings is 1. The lowest BCUT2D eigenvalue weighted by Gasteiger charge is -2.11. The van der Waals surface area contributed by atoms with Gasteiger partial charge in [-0.3, -0.25) is 4.57 Å². The molecule has 3 aromatic heterocycles. The number of imidazole rings is 1. The molecule has 0 saturated carbocycles. The first-order valence-electron chi connectivity index (χ1n) is 8.06. The van der Waals surface area contributed by atoms with Gasteiger partial charge in [0.15, 0.2) is 11.5 Å². The van der Waals surface area contributed by atoms with Gasteiger partial charge in [-0.15, -0.1) is 0 Å². The first kappa shape index (κ1) is 16.0. The van der Waals surface area contributed by atoms with Crippen LogP contribution in [0.5, 0.6) is 5.88 Å². The molecule has 0 fully saturated rings. The molecule has 0 aliphatic rings. The van der Waals surface area contributed by atoms with Gasteiger partial charge in [-0.25, -0.2) is 9.97 Å². The van der Waals surface area contributed by atoms with E-state index in [-0.39, 0.29) is 6.61 Å². The molecule has 7 nitrogen and oxygen atoms in total. The molecule has 0 aliphatic heterocycles. The second-order valence-electron chi connectivity index (χ2n) is 5.73. The third-order valence-electron chi connectivity index (χ3n) is 4.14. The minimum absolute atomic E-state index is 0.0144. The van der Waals surface area contributed by atoms with Crippen molar-refractivity contribution in [2.45, 2.75) is 6.61 Å². The van der Waals surface area contributed by atoms with E-state index < -0.39 is 0 Å². The second kappa shape index (κ2) is 6.45. The largest absolute Gasteiger partial charge is 0.481 e. The molecule has 0 radical (unpaired) electrons. The summed E-state index contributed by atoms with van der Waals surface area (Å²) in [5.74, 6) is 1.53. The molecule has 1 aromatic carbocycles. The highest BCUT2D eigenvalue weighted by Gasteiger charge is 2.18. The third kappa shape index (κ3) is 2.64. The minimum atomic E-state index is -0.0144. The summed E-state index contributed by atoms with van der Waals surface area (Å²) >= 11 is 0. The number of rotatable bonds is 4. The van der Waals surface area contributed by atoms with Crippen LogP contribution >= 0.6 is 0 Å². The summed E-state index contributed by atoms with van der Waals surface area (Å²) in [5, 5.41) is 9.30. The summed E-state index contributed by atoms with van der Waals surface area (Å²) in [6, 6.07) is 14.8. The molecule has 7 heteroatoms. The van der Waals surface area contributed by atoms with Crippen molar-refractivity contribution in [3.8, 4) is 23.0 Å². The Bertz CT molecular complexity index is 1070. The van der Waals surface area contributed by atoms with Gasteiger partial charge in [0.2, 0.25) is 5.88 Å². The number of ether oxygens (including phenoxy) is 1. The van der Waals surface area contributed by atoms with E-state index in [1.165, 1.54) is 0 Å². The topological polar surface area (TPSA) is 99.1 Å². The Kier molecular flexibility index (Phi) is 3.98. The van der Waals surface area contributed by atoms with Crippen LogP contribution < -0.4 is 10.5 Å². The van der Waals surface area contributed by atoms with E-state index in [0.717, 1.165) is 22.3 Å². The predicted octanol–water partition coefficient (Wildman–Crippen LogP) is 2.57. The molecule has 0 unspecified atom stereocenters. The number of aliphatic hydroxyl groups is 1. The van der Waals surface area contributed by atoms with E-state index in [1.54, 1.807) is 19.4 Å². The fourth-order valence-electron chi connectivity index (χ4n) is 2.84. The Morgan fingerprint density at radius 3 is 2.58 bits per heavy atom. The average Bonchev–Trinajstić information content (AvgIpc) is 3.06. The number of methoxy groups -OCH3 is 1. The van der Waals surface area contributed by atoms with Gasteiger partial charge in [0.1, 0.15) is 11.3 Å². The Balaban J connectivity index is 2.03. The third-order valence-corrected chi connectivity index (χ3v) is 4.14. The number of nitrogens with two attached hydrogens (primary N) is 1. The van der Waals surface area contributed by atoms with Gasteiger partial charge in [-0.05, 0) is 35.9 Å². The van der Waals surface area contributed by atoms with Crippen molar-refractivity contribution < 1.29 is 9.84 Å². The highest BCUT2D eigenvalue weighted by atomic mass is 16.5. The lowest BCUT2D eigenvalue weighted by atomic mass is 10.2. The zero-order valence-electron chi connectivity index (χ0n) is 14.1. The summed E-state index contributed by atoms with van der Waals surface area (Å²) in [4.78, 5) is 13.4. The fraction of sp³-hybridized carbons (Fsp3) is 0.105. The molecule has 0 saturated heterocycles. The molecule has 0 spiro atoms. The smallest absolute Gasteiger partial charge is 0.215 e. The number of pyridine rings is 2. The molecule has 0 aliphatic carbocycles. The Hall–Kier alpha value is -3.45. The zero-order chi connectivity index (χ0) is 18.1. The molecule has 0 atom stereocenters. The van der Waals surface area contributed by atoms with Crippen LogP contribution in [0.3, 0.4) is 0 Å². The Morgan fingerprint density at radius 2 is 1.88 bits per heavy atom. The van der Waals surface area contributed by atoms with Gasteiger partial charge in [-0.1, -0.05) is 12.1 Å². The van der Waals surface area contributed by atoms with Gasteiger partial charge in [0, 0.05) is 18.0 Å². The number of anilines is 1. The van der Waals surface area contributed by atoms with Crippen LogP contribution in [0.15, 0.2) is 54.7 Å². The number of aromatic nitrogens is 4. The Labute approximate surface area is 149 Å². The molecule has 4 rings (SSSR count). The summed E-state index contributed by atoms with van der Waals surface area (Å²) in [5.41, 5.74) is 9.84. The normalized spacial score (nSPS) is 11.0. The van der Waals surface area contributed by atoms with E-state index >= 15 is 0 Å². The van der Waals surface area contributed by atoms with Crippen LogP contribution in [0.4, 0.5) is 5.82 Å². The summed E-state index contributed by atoms with van der Waals surface area (Å²) in [7, 11) is 1.57. The van der Waals surface area contributed by atoms with Gasteiger partial charge in [-0.2, -0.15) is 4.98 Å². The molecule has 3 N–H and O–H groups in total. The van der Waals surface area contributed by atoms with Gasteiger partial charge in [0.05, 0.1) is 19.3 Å².